The number of thioether (sulfide) groups is 1. The van der Waals surface area contributed by atoms with Crippen LogP contribution in [0.15, 0.2) is 88.8 Å². The highest BCUT2D eigenvalue weighted by molar-refractivity contribution is 8.00. The molecule has 1 aliphatic heterocycles. The normalized spacial score (nSPS) is 13.8. The third-order valence-electron chi connectivity index (χ3n) is 7.79. The van der Waals surface area contributed by atoms with Crippen LogP contribution in [0.3, 0.4) is 0 Å². The van der Waals surface area contributed by atoms with Crippen LogP contribution < -0.4 is 10.9 Å². The smallest absolute Gasteiger partial charge is 0.341 e. The molecule has 0 saturated carbocycles. The molecule has 45 heavy (non-hydrogen) atoms. The molecule has 8 nitrogen and oxygen atoms in total. The van der Waals surface area contributed by atoms with Crippen molar-refractivity contribution in [2.45, 2.75) is 50.7 Å². The van der Waals surface area contributed by atoms with Gasteiger partial charge in [0.2, 0.25) is 5.91 Å². The van der Waals surface area contributed by atoms with E-state index in [1.165, 1.54) is 28.7 Å². The van der Waals surface area contributed by atoms with Gasteiger partial charge in [-0.15, -0.1) is 11.3 Å². The second-order valence-corrected chi connectivity index (χ2v) is 13.4. The van der Waals surface area contributed by atoms with E-state index in [2.05, 4.69) is 22.3 Å². The molecule has 0 radical (unpaired) electrons. The van der Waals surface area contributed by atoms with Gasteiger partial charge < -0.3 is 10.1 Å². The summed E-state index contributed by atoms with van der Waals surface area (Å²) in [4.78, 5) is 48.7. The van der Waals surface area contributed by atoms with Crippen LogP contribution >= 0.6 is 23.1 Å². The summed E-state index contributed by atoms with van der Waals surface area (Å²) in [6.45, 7) is 8.08. The molecule has 230 valence electrons. The van der Waals surface area contributed by atoms with Gasteiger partial charge in [-0.3, -0.25) is 19.1 Å². The molecule has 6 rings (SSSR count). The lowest BCUT2D eigenvalue weighted by molar-refractivity contribution is -0.115. The van der Waals surface area contributed by atoms with Gasteiger partial charge in [0.25, 0.3) is 5.56 Å². The Morgan fingerprint density at radius 2 is 1.78 bits per heavy atom. The van der Waals surface area contributed by atoms with Crippen LogP contribution in [0.5, 0.6) is 0 Å². The number of nitrogens with one attached hydrogen (secondary N) is 1. The Labute approximate surface area is 270 Å². The van der Waals surface area contributed by atoms with Crippen LogP contribution in [0.4, 0.5) is 5.00 Å². The predicted molar refractivity (Wildman–Crippen MR) is 181 cm³/mol. The maximum Gasteiger partial charge on any atom is 0.341 e. The number of amides is 1. The molecule has 1 atom stereocenters. The van der Waals surface area contributed by atoms with Crippen molar-refractivity contribution in [1.29, 1.82) is 0 Å². The minimum Gasteiger partial charge on any atom is -0.462 e. The number of carbonyl (C=O) groups excluding carboxylic acids is 2. The molecule has 10 heteroatoms. The predicted octanol–water partition coefficient (Wildman–Crippen LogP) is 6.61. The Kier molecular flexibility index (Phi) is 9.16. The van der Waals surface area contributed by atoms with Crippen LogP contribution in [-0.4, -0.2) is 44.7 Å². The zero-order valence-corrected chi connectivity index (χ0v) is 27.0. The molecule has 0 aliphatic carbocycles. The lowest BCUT2D eigenvalue weighted by Crippen LogP contribution is -2.30. The van der Waals surface area contributed by atoms with Crippen molar-refractivity contribution in [1.82, 2.24) is 14.5 Å². The van der Waals surface area contributed by atoms with Crippen LogP contribution in [-0.2, 0) is 29.0 Å². The molecule has 5 aromatic rings. The molecule has 0 bridgehead atoms. The van der Waals surface area contributed by atoms with Crippen molar-refractivity contribution in [3.05, 3.63) is 116 Å². The molecule has 0 fully saturated rings. The number of rotatable bonds is 9. The van der Waals surface area contributed by atoms with Gasteiger partial charge in [-0.2, -0.15) is 0 Å². The van der Waals surface area contributed by atoms with E-state index in [1.54, 1.807) is 30.5 Å². The SMILES string of the molecule is CCOC(=O)c1c(NC(=O)[C@@H](C)Sc2nc3ccccc3c(=O)n2-c2ccc(C)cc2)sc2c1CCN(Cc1ccccc1)C2. The number of benzene rings is 3. The molecule has 2 aromatic heterocycles. The number of thiophene rings is 1. The largest absolute Gasteiger partial charge is 0.462 e. The van der Waals surface area contributed by atoms with E-state index >= 15 is 0 Å². The fourth-order valence-corrected chi connectivity index (χ4v) is 7.69. The van der Waals surface area contributed by atoms with Crippen LogP contribution in [0.25, 0.3) is 16.6 Å². The summed E-state index contributed by atoms with van der Waals surface area (Å²) < 4.78 is 6.99. The van der Waals surface area contributed by atoms with Crippen molar-refractivity contribution >= 4 is 50.9 Å². The zero-order valence-electron chi connectivity index (χ0n) is 25.4. The van der Waals surface area contributed by atoms with E-state index in [1.807, 2.05) is 61.5 Å². The summed E-state index contributed by atoms with van der Waals surface area (Å²) in [6, 6.07) is 25.2. The minimum absolute atomic E-state index is 0.199. The average molecular weight is 639 g/mol. The van der Waals surface area contributed by atoms with Gasteiger partial charge in [0.05, 0.1) is 34.0 Å². The number of hydrogen-bond donors (Lipinski definition) is 1. The summed E-state index contributed by atoms with van der Waals surface area (Å²) >= 11 is 2.64. The molecular weight excluding hydrogens is 605 g/mol. The highest BCUT2D eigenvalue weighted by atomic mass is 32.2. The highest BCUT2D eigenvalue weighted by Crippen LogP contribution is 2.38. The number of anilines is 1. The Bertz CT molecular complexity index is 1920. The first-order chi connectivity index (χ1) is 21.8. The quantitative estimate of drug-likeness (QED) is 0.110. The van der Waals surface area contributed by atoms with Gasteiger partial charge in [0, 0.05) is 24.5 Å². The van der Waals surface area contributed by atoms with Gasteiger partial charge in [-0.1, -0.05) is 71.9 Å². The summed E-state index contributed by atoms with van der Waals surface area (Å²) in [5.41, 5.74) is 4.74. The van der Waals surface area contributed by atoms with E-state index in [4.69, 9.17) is 9.72 Å². The number of nitrogens with zero attached hydrogens (tertiary/aromatic N) is 3. The first kappa shape index (κ1) is 30.8. The monoisotopic (exact) mass is 638 g/mol. The first-order valence-electron chi connectivity index (χ1n) is 15.0. The Morgan fingerprint density at radius 3 is 2.53 bits per heavy atom. The highest BCUT2D eigenvalue weighted by Gasteiger charge is 2.31. The molecule has 0 spiro atoms. The molecule has 1 amide bonds. The van der Waals surface area contributed by atoms with Crippen molar-refractivity contribution in [3.63, 3.8) is 0 Å². The van der Waals surface area contributed by atoms with Crippen molar-refractivity contribution in [2.24, 2.45) is 0 Å². The van der Waals surface area contributed by atoms with Gasteiger partial charge in [0.1, 0.15) is 5.00 Å². The number of fused-ring (bicyclic) bond motifs is 2. The first-order valence-corrected chi connectivity index (χ1v) is 16.7. The maximum absolute atomic E-state index is 13.7. The minimum atomic E-state index is -0.626. The van der Waals surface area contributed by atoms with E-state index in [-0.39, 0.29) is 18.1 Å². The Balaban J connectivity index is 1.28. The van der Waals surface area contributed by atoms with Crippen LogP contribution in [0, 0.1) is 6.92 Å². The molecule has 0 unspecified atom stereocenters. The molecule has 3 heterocycles. The van der Waals surface area contributed by atoms with Crippen molar-refractivity contribution in [2.75, 3.05) is 18.5 Å². The number of aromatic nitrogens is 2. The van der Waals surface area contributed by atoms with Crippen LogP contribution in [0.1, 0.15) is 45.8 Å². The number of aryl methyl sites for hydroxylation is 1. The molecule has 0 saturated heterocycles. The average Bonchev–Trinajstić information content (AvgIpc) is 3.39. The topological polar surface area (TPSA) is 93.5 Å². The lowest BCUT2D eigenvalue weighted by atomic mass is 10.0. The van der Waals surface area contributed by atoms with E-state index < -0.39 is 11.2 Å². The molecular formula is C35H34N4O4S2. The summed E-state index contributed by atoms with van der Waals surface area (Å²) in [5, 5.41) is 3.83. The zero-order chi connectivity index (χ0) is 31.5. The molecule has 1 N–H and O–H groups in total. The van der Waals surface area contributed by atoms with Crippen molar-refractivity contribution in [3.8, 4) is 5.69 Å². The number of carbonyl (C=O) groups is 2. The number of hydrogen-bond acceptors (Lipinski definition) is 8. The van der Waals surface area contributed by atoms with Gasteiger partial charge in [-0.05, 0) is 62.6 Å². The third kappa shape index (κ3) is 6.58. The summed E-state index contributed by atoms with van der Waals surface area (Å²) in [6.07, 6.45) is 0.691. The van der Waals surface area contributed by atoms with E-state index in [0.717, 1.165) is 29.1 Å². The van der Waals surface area contributed by atoms with E-state index in [0.29, 0.717) is 45.3 Å². The molecule has 1 aliphatic rings. The fourth-order valence-electron chi connectivity index (χ4n) is 5.48. The second-order valence-electron chi connectivity index (χ2n) is 11.0. The second kappa shape index (κ2) is 13.4. The lowest BCUT2D eigenvalue weighted by Gasteiger charge is -2.27. The van der Waals surface area contributed by atoms with Crippen LogP contribution in [0.2, 0.25) is 0 Å². The third-order valence-corrected chi connectivity index (χ3v) is 9.97. The van der Waals surface area contributed by atoms with E-state index in [9.17, 15) is 14.4 Å². The number of esters is 1. The van der Waals surface area contributed by atoms with Crippen molar-refractivity contribution < 1.29 is 14.3 Å². The number of para-hydroxylation sites is 1. The van der Waals surface area contributed by atoms with Gasteiger partial charge in [-0.25, -0.2) is 9.78 Å². The standard InChI is InChI=1S/C35H34N4O4S2/c1-4-43-34(42)30-27-18-19-38(20-24-10-6-5-7-11-24)21-29(27)45-32(30)37-31(40)23(3)44-35-36-28-13-9-8-12-26(28)33(41)39(35)25-16-14-22(2)15-17-25/h5-17,23H,4,18-21H2,1-3H3,(H,37,40)/t23-/m1/s1. The Morgan fingerprint density at radius 1 is 1.04 bits per heavy atom. The Hall–Kier alpha value is -4.25. The maximum atomic E-state index is 13.7. The fraction of sp³-hybridized carbons (Fsp3) is 0.257. The summed E-state index contributed by atoms with van der Waals surface area (Å²) in [5.74, 6) is -0.713. The van der Waals surface area contributed by atoms with Gasteiger partial charge in [0.15, 0.2) is 5.16 Å². The van der Waals surface area contributed by atoms with Gasteiger partial charge >= 0.3 is 5.97 Å². The summed E-state index contributed by atoms with van der Waals surface area (Å²) in [7, 11) is 0. The number of ether oxygens (including phenoxy) is 1. The molecule has 3 aromatic carbocycles.